The van der Waals surface area contributed by atoms with Crippen LogP contribution in [0, 0.1) is 46.3 Å². The molecule has 31 heavy (non-hydrogen) atoms. The van der Waals surface area contributed by atoms with Gasteiger partial charge in [-0.1, -0.05) is 0 Å². The van der Waals surface area contributed by atoms with E-state index in [-0.39, 0.29) is 16.9 Å². The van der Waals surface area contributed by atoms with E-state index in [9.17, 15) is 9.59 Å². The van der Waals surface area contributed by atoms with E-state index < -0.39 is 0 Å². The third kappa shape index (κ3) is 3.05. The number of piperidine rings is 1. The minimum Gasteiger partial charge on any atom is -0.353 e. The summed E-state index contributed by atoms with van der Waals surface area (Å²) in [4.78, 5) is 29.3. The van der Waals surface area contributed by atoms with E-state index in [0.29, 0.717) is 11.8 Å². The number of nitrogens with one attached hydrogen (secondary N) is 1. The molecule has 1 saturated heterocycles. The highest BCUT2D eigenvalue weighted by molar-refractivity contribution is 5.84. The van der Waals surface area contributed by atoms with Gasteiger partial charge in [-0.05, 0) is 125 Å². The average Bonchev–Trinajstić information content (AvgIpc) is 2.72. The highest BCUT2D eigenvalue weighted by Crippen LogP contribution is 2.61. The summed E-state index contributed by atoms with van der Waals surface area (Å²) in [6.45, 7) is 1.71. The average molecular weight is 425 g/mol. The van der Waals surface area contributed by atoms with Crippen LogP contribution in [0.15, 0.2) is 0 Å². The molecule has 9 aliphatic rings. The Bertz CT molecular complexity index is 710. The third-order valence-electron chi connectivity index (χ3n) is 11.1. The molecule has 0 aromatic heterocycles. The summed E-state index contributed by atoms with van der Waals surface area (Å²) in [6, 6.07) is 0.279. The summed E-state index contributed by atoms with van der Waals surface area (Å²) in [5.74, 6) is 5.78. The molecule has 170 valence electrons. The molecule has 9 rings (SSSR count). The predicted molar refractivity (Wildman–Crippen MR) is 119 cm³/mol. The number of rotatable bonds is 3. The second-order valence-corrected chi connectivity index (χ2v) is 13.4. The van der Waals surface area contributed by atoms with Crippen molar-refractivity contribution in [3.63, 3.8) is 0 Å². The molecule has 9 fully saturated rings. The normalized spacial score (nSPS) is 50.1. The minimum atomic E-state index is -0.0408. The number of carbonyl (C=O) groups excluding carboxylic acids is 2. The summed E-state index contributed by atoms with van der Waals surface area (Å²) in [7, 11) is 0. The van der Waals surface area contributed by atoms with Crippen molar-refractivity contribution in [2.75, 3.05) is 13.1 Å². The number of hydrogen-bond donors (Lipinski definition) is 1. The van der Waals surface area contributed by atoms with Gasteiger partial charge in [-0.25, -0.2) is 0 Å². The van der Waals surface area contributed by atoms with Crippen LogP contribution < -0.4 is 5.32 Å². The fourth-order valence-corrected chi connectivity index (χ4v) is 10.7. The number of nitrogens with zero attached hydrogens (tertiary/aromatic N) is 1. The molecule has 0 spiro atoms. The smallest absolute Gasteiger partial charge is 0.228 e. The number of likely N-dealkylation sites (tertiary alicyclic amines) is 1. The Morgan fingerprint density at radius 3 is 1.42 bits per heavy atom. The van der Waals surface area contributed by atoms with Crippen LogP contribution in [0.4, 0.5) is 0 Å². The summed E-state index contributed by atoms with van der Waals surface area (Å²) >= 11 is 0. The molecule has 1 heterocycles. The van der Waals surface area contributed by atoms with Gasteiger partial charge in [0.05, 0.1) is 5.41 Å². The second kappa shape index (κ2) is 6.73. The van der Waals surface area contributed by atoms with Gasteiger partial charge >= 0.3 is 0 Å². The van der Waals surface area contributed by atoms with Crippen LogP contribution in [0.25, 0.3) is 0 Å². The number of carbonyl (C=O) groups is 2. The fraction of sp³-hybridized carbons (Fsp3) is 0.926. The standard InChI is InChI=1S/C27H40N2O2/c30-24(26-11-17-5-18(12-26)7-19(6-17)13-26)28-23-1-3-29(4-2-23)25(31)27-14-20-8-21(15-27)10-22(9-20)16-27/h17-23H,1-16H2,(H,28,30). The van der Waals surface area contributed by atoms with Crippen molar-refractivity contribution in [1.82, 2.24) is 10.2 Å². The lowest BCUT2D eigenvalue weighted by Gasteiger charge is -2.57. The number of hydrogen-bond acceptors (Lipinski definition) is 2. The number of amides is 2. The Hall–Kier alpha value is -1.06. The molecule has 0 aromatic rings. The van der Waals surface area contributed by atoms with Gasteiger partial charge in [0.25, 0.3) is 0 Å². The molecule has 0 atom stereocenters. The van der Waals surface area contributed by atoms with Crippen LogP contribution in [0.1, 0.15) is 89.9 Å². The Morgan fingerprint density at radius 1 is 0.613 bits per heavy atom. The Kier molecular flexibility index (Phi) is 4.21. The lowest BCUT2D eigenvalue weighted by molar-refractivity contribution is -0.159. The lowest BCUT2D eigenvalue weighted by atomic mass is 9.49. The van der Waals surface area contributed by atoms with E-state index in [1.807, 2.05) is 0 Å². The predicted octanol–water partition coefficient (Wildman–Crippen LogP) is 4.53. The molecule has 4 nitrogen and oxygen atoms in total. The van der Waals surface area contributed by atoms with Gasteiger partial charge in [-0.3, -0.25) is 9.59 Å². The van der Waals surface area contributed by atoms with Gasteiger partial charge in [0.1, 0.15) is 0 Å². The van der Waals surface area contributed by atoms with E-state index in [1.165, 1.54) is 57.8 Å². The van der Waals surface area contributed by atoms with Crippen molar-refractivity contribution in [3.8, 4) is 0 Å². The molecule has 1 aliphatic heterocycles. The van der Waals surface area contributed by atoms with E-state index in [0.717, 1.165) is 80.7 Å². The Morgan fingerprint density at radius 2 is 1.00 bits per heavy atom. The van der Waals surface area contributed by atoms with Crippen molar-refractivity contribution in [2.45, 2.75) is 95.9 Å². The van der Waals surface area contributed by atoms with E-state index in [1.54, 1.807) is 0 Å². The van der Waals surface area contributed by atoms with Gasteiger partial charge in [0.2, 0.25) is 11.8 Å². The zero-order valence-corrected chi connectivity index (χ0v) is 19.1. The first-order valence-corrected chi connectivity index (χ1v) is 13.6. The van der Waals surface area contributed by atoms with E-state index in [4.69, 9.17) is 0 Å². The first kappa shape index (κ1) is 19.4. The maximum atomic E-state index is 13.6. The monoisotopic (exact) mass is 424 g/mol. The Labute approximate surface area is 187 Å². The van der Waals surface area contributed by atoms with Crippen LogP contribution in [0.3, 0.4) is 0 Å². The van der Waals surface area contributed by atoms with Crippen molar-refractivity contribution < 1.29 is 9.59 Å². The summed E-state index contributed by atoms with van der Waals surface area (Å²) in [5, 5.41) is 3.49. The van der Waals surface area contributed by atoms with Gasteiger partial charge in [-0.15, -0.1) is 0 Å². The molecule has 8 aliphatic carbocycles. The van der Waals surface area contributed by atoms with E-state index >= 15 is 0 Å². The molecule has 0 radical (unpaired) electrons. The van der Waals surface area contributed by atoms with Gasteiger partial charge in [-0.2, -0.15) is 0 Å². The van der Waals surface area contributed by atoms with Crippen LogP contribution in [-0.4, -0.2) is 35.8 Å². The molecule has 0 aromatic carbocycles. The largest absolute Gasteiger partial charge is 0.353 e. The molecule has 2 amide bonds. The summed E-state index contributed by atoms with van der Waals surface area (Å²) in [5.41, 5.74) is -0.0507. The van der Waals surface area contributed by atoms with Crippen LogP contribution >= 0.6 is 0 Å². The maximum absolute atomic E-state index is 13.6. The summed E-state index contributed by atoms with van der Waals surface area (Å²) < 4.78 is 0. The molecular formula is C27H40N2O2. The zero-order chi connectivity index (χ0) is 20.8. The first-order valence-electron chi connectivity index (χ1n) is 13.6. The van der Waals surface area contributed by atoms with Crippen LogP contribution in [-0.2, 0) is 9.59 Å². The van der Waals surface area contributed by atoms with Crippen molar-refractivity contribution in [1.29, 1.82) is 0 Å². The summed E-state index contributed by atoms with van der Waals surface area (Å²) in [6.07, 6.45) is 17.2. The van der Waals surface area contributed by atoms with Crippen molar-refractivity contribution >= 4 is 11.8 Å². The van der Waals surface area contributed by atoms with Crippen molar-refractivity contribution in [2.24, 2.45) is 46.3 Å². The molecule has 8 saturated carbocycles. The van der Waals surface area contributed by atoms with Crippen molar-refractivity contribution in [3.05, 3.63) is 0 Å². The SMILES string of the molecule is O=C(NC1CCN(C(=O)C23CC4CC(CC(C4)C2)C3)CC1)C12CC3CC(CC(C3)C1)C2. The zero-order valence-electron chi connectivity index (χ0n) is 19.1. The maximum Gasteiger partial charge on any atom is 0.228 e. The lowest BCUT2D eigenvalue weighted by Crippen LogP contribution is -2.58. The van der Waals surface area contributed by atoms with Gasteiger partial charge in [0.15, 0.2) is 0 Å². The highest BCUT2D eigenvalue weighted by atomic mass is 16.2. The van der Waals surface area contributed by atoms with Gasteiger partial charge in [0, 0.05) is 24.5 Å². The fourth-order valence-electron chi connectivity index (χ4n) is 10.7. The first-order chi connectivity index (χ1) is 15.0. The van der Waals surface area contributed by atoms with E-state index in [2.05, 4.69) is 10.2 Å². The third-order valence-corrected chi connectivity index (χ3v) is 11.1. The van der Waals surface area contributed by atoms with Crippen LogP contribution in [0.5, 0.6) is 0 Å². The molecule has 4 heteroatoms. The minimum absolute atomic E-state index is 0.00989. The van der Waals surface area contributed by atoms with Crippen LogP contribution in [0.2, 0.25) is 0 Å². The topological polar surface area (TPSA) is 49.4 Å². The quantitative estimate of drug-likeness (QED) is 0.724. The molecule has 1 N–H and O–H groups in total. The Balaban J connectivity index is 0.976. The van der Waals surface area contributed by atoms with Gasteiger partial charge < -0.3 is 10.2 Å². The molecule has 8 bridgehead atoms. The second-order valence-electron chi connectivity index (χ2n) is 13.4. The molecule has 0 unspecified atom stereocenters. The highest BCUT2D eigenvalue weighted by Gasteiger charge is 2.57. The molecular weight excluding hydrogens is 384 g/mol.